The third kappa shape index (κ3) is 3.88. The number of ether oxygens (including phenoxy) is 1. The van der Waals surface area contributed by atoms with Gasteiger partial charge in [0.1, 0.15) is 11.6 Å². The van der Waals surface area contributed by atoms with Crippen molar-refractivity contribution in [3.8, 4) is 5.75 Å². The second-order valence-corrected chi connectivity index (χ2v) is 7.37. The van der Waals surface area contributed by atoms with Crippen molar-refractivity contribution < 1.29 is 9.53 Å². The van der Waals surface area contributed by atoms with E-state index in [9.17, 15) is 4.79 Å². The minimum absolute atomic E-state index is 0.0685. The van der Waals surface area contributed by atoms with Gasteiger partial charge in [0.25, 0.3) is 5.91 Å². The molecule has 2 aliphatic heterocycles. The van der Waals surface area contributed by atoms with Crippen LogP contribution in [-0.2, 0) is 0 Å². The Morgan fingerprint density at radius 2 is 1.61 bits per heavy atom. The van der Waals surface area contributed by atoms with Gasteiger partial charge in [-0.3, -0.25) is 4.79 Å². The van der Waals surface area contributed by atoms with Crippen LogP contribution in [0.5, 0.6) is 5.75 Å². The van der Waals surface area contributed by atoms with Crippen molar-refractivity contribution in [1.82, 2.24) is 14.9 Å². The van der Waals surface area contributed by atoms with E-state index in [0.717, 1.165) is 49.4 Å². The van der Waals surface area contributed by atoms with Crippen LogP contribution in [0.15, 0.2) is 30.3 Å². The summed E-state index contributed by atoms with van der Waals surface area (Å²) < 4.78 is 5.17. The Morgan fingerprint density at radius 3 is 2.25 bits per heavy atom. The van der Waals surface area contributed by atoms with Crippen LogP contribution in [0.1, 0.15) is 28.9 Å². The smallest absolute Gasteiger partial charge is 0.253 e. The zero-order valence-electron chi connectivity index (χ0n) is 16.6. The molecule has 0 saturated carbocycles. The summed E-state index contributed by atoms with van der Waals surface area (Å²) in [7, 11) is 1.63. The molecule has 0 bridgehead atoms. The number of anilines is 2. The van der Waals surface area contributed by atoms with E-state index < -0.39 is 0 Å². The highest BCUT2D eigenvalue weighted by Crippen LogP contribution is 2.22. The van der Waals surface area contributed by atoms with Crippen LogP contribution >= 0.6 is 0 Å². The van der Waals surface area contributed by atoms with Crippen molar-refractivity contribution in [1.29, 1.82) is 0 Å². The molecular formula is C21H27N5O2. The first-order valence-corrected chi connectivity index (χ1v) is 9.93. The second kappa shape index (κ2) is 8.04. The molecule has 0 radical (unpaired) electrons. The van der Waals surface area contributed by atoms with Gasteiger partial charge in [-0.2, -0.15) is 4.98 Å². The summed E-state index contributed by atoms with van der Waals surface area (Å²) in [6.45, 7) is 7.02. The maximum Gasteiger partial charge on any atom is 0.253 e. The molecule has 0 N–H and O–H groups in total. The van der Waals surface area contributed by atoms with E-state index >= 15 is 0 Å². The number of aryl methyl sites for hydroxylation is 1. The van der Waals surface area contributed by atoms with Gasteiger partial charge < -0.3 is 19.4 Å². The molecule has 7 heteroatoms. The Hall–Kier alpha value is -2.83. The van der Waals surface area contributed by atoms with Gasteiger partial charge in [-0.25, -0.2) is 4.98 Å². The fourth-order valence-corrected chi connectivity index (χ4v) is 3.81. The Labute approximate surface area is 165 Å². The summed E-state index contributed by atoms with van der Waals surface area (Å²) in [6, 6.07) is 9.34. The van der Waals surface area contributed by atoms with E-state index in [2.05, 4.69) is 14.8 Å². The topological polar surface area (TPSA) is 61.8 Å². The Morgan fingerprint density at radius 1 is 0.929 bits per heavy atom. The number of aromatic nitrogens is 2. The predicted molar refractivity (Wildman–Crippen MR) is 109 cm³/mol. The van der Waals surface area contributed by atoms with E-state index in [4.69, 9.17) is 9.72 Å². The number of hydrogen-bond donors (Lipinski definition) is 0. The molecule has 1 aromatic carbocycles. The molecule has 0 atom stereocenters. The number of amides is 1. The van der Waals surface area contributed by atoms with Crippen molar-refractivity contribution in [2.75, 3.05) is 56.2 Å². The van der Waals surface area contributed by atoms with E-state index in [1.54, 1.807) is 7.11 Å². The molecule has 0 spiro atoms. The van der Waals surface area contributed by atoms with Crippen LogP contribution in [0.3, 0.4) is 0 Å². The quantitative estimate of drug-likeness (QED) is 0.810. The number of nitrogens with zero attached hydrogens (tertiary/aromatic N) is 5. The van der Waals surface area contributed by atoms with Crippen molar-refractivity contribution in [3.63, 3.8) is 0 Å². The van der Waals surface area contributed by atoms with Crippen LogP contribution in [0.2, 0.25) is 0 Å². The molecule has 0 aliphatic carbocycles. The van der Waals surface area contributed by atoms with Crippen LogP contribution < -0.4 is 14.5 Å². The summed E-state index contributed by atoms with van der Waals surface area (Å²) in [5.74, 6) is 2.63. The molecule has 2 aliphatic rings. The number of piperazine rings is 1. The molecule has 2 fully saturated rings. The monoisotopic (exact) mass is 381 g/mol. The fourth-order valence-electron chi connectivity index (χ4n) is 3.81. The molecule has 2 saturated heterocycles. The summed E-state index contributed by atoms with van der Waals surface area (Å²) >= 11 is 0. The first kappa shape index (κ1) is 18.5. The number of hydrogen-bond acceptors (Lipinski definition) is 6. The van der Waals surface area contributed by atoms with Crippen LogP contribution in [-0.4, -0.2) is 67.2 Å². The zero-order chi connectivity index (χ0) is 19.5. The third-order valence-electron chi connectivity index (χ3n) is 5.45. The number of carbonyl (C=O) groups is 1. The Kier molecular flexibility index (Phi) is 5.32. The number of benzene rings is 1. The van der Waals surface area contributed by atoms with Crippen molar-refractivity contribution in [3.05, 3.63) is 41.6 Å². The van der Waals surface area contributed by atoms with Gasteiger partial charge in [0.15, 0.2) is 0 Å². The third-order valence-corrected chi connectivity index (χ3v) is 5.45. The summed E-state index contributed by atoms with van der Waals surface area (Å²) in [4.78, 5) is 28.6. The molecule has 28 heavy (non-hydrogen) atoms. The number of methoxy groups -OCH3 is 1. The second-order valence-electron chi connectivity index (χ2n) is 7.37. The average molecular weight is 381 g/mol. The van der Waals surface area contributed by atoms with Gasteiger partial charge in [-0.1, -0.05) is 0 Å². The normalized spacial score (nSPS) is 17.1. The van der Waals surface area contributed by atoms with E-state index in [1.165, 1.54) is 12.8 Å². The predicted octanol–water partition coefficient (Wildman–Crippen LogP) is 2.36. The van der Waals surface area contributed by atoms with E-state index in [0.29, 0.717) is 18.7 Å². The molecule has 3 heterocycles. The van der Waals surface area contributed by atoms with Gasteiger partial charge in [0.05, 0.1) is 7.11 Å². The summed E-state index contributed by atoms with van der Waals surface area (Å²) in [6.07, 6.45) is 2.41. The van der Waals surface area contributed by atoms with Gasteiger partial charge >= 0.3 is 0 Å². The highest BCUT2D eigenvalue weighted by atomic mass is 16.5. The SMILES string of the molecule is COc1ccc(C(=O)N2CCN(c3cc(C)nc(N4CCCC4)n3)CC2)cc1. The average Bonchev–Trinajstić information content (AvgIpc) is 3.28. The first-order chi connectivity index (χ1) is 13.6. The zero-order valence-corrected chi connectivity index (χ0v) is 16.6. The van der Waals surface area contributed by atoms with E-state index in [-0.39, 0.29) is 5.91 Å². The minimum Gasteiger partial charge on any atom is -0.497 e. The molecule has 0 unspecified atom stereocenters. The Balaban J connectivity index is 1.41. The van der Waals surface area contributed by atoms with Gasteiger partial charge in [-0.15, -0.1) is 0 Å². The van der Waals surface area contributed by atoms with Crippen LogP contribution in [0.25, 0.3) is 0 Å². The van der Waals surface area contributed by atoms with Gasteiger partial charge in [0.2, 0.25) is 5.95 Å². The number of carbonyl (C=O) groups excluding carboxylic acids is 1. The largest absolute Gasteiger partial charge is 0.497 e. The van der Waals surface area contributed by atoms with E-state index in [1.807, 2.05) is 42.2 Å². The lowest BCUT2D eigenvalue weighted by Gasteiger charge is -2.35. The lowest BCUT2D eigenvalue weighted by atomic mass is 10.1. The standard InChI is InChI=1S/C21H27N5O2/c1-16-15-19(23-21(22-16)26-9-3-4-10-26)24-11-13-25(14-12-24)20(27)17-5-7-18(28-2)8-6-17/h5-8,15H,3-4,9-14H2,1-2H3. The van der Waals surface area contributed by atoms with Crippen LogP contribution in [0, 0.1) is 6.92 Å². The maximum absolute atomic E-state index is 12.8. The lowest BCUT2D eigenvalue weighted by Crippen LogP contribution is -2.49. The molecule has 7 nitrogen and oxygen atoms in total. The van der Waals surface area contributed by atoms with Crippen LogP contribution in [0.4, 0.5) is 11.8 Å². The Bertz CT molecular complexity index is 825. The van der Waals surface area contributed by atoms with Crippen molar-refractivity contribution >= 4 is 17.7 Å². The highest BCUT2D eigenvalue weighted by Gasteiger charge is 2.24. The first-order valence-electron chi connectivity index (χ1n) is 9.93. The van der Waals surface area contributed by atoms with Crippen molar-refractivity contribution in [2.45, 2.75) is 19.8 Å². The molecular weight excluding hydrogens is 354 g/mol. The maximum atomic E-state index is 12.8. The fraction of sp³-hybridized carbons (Fsp3) is 0.476. The van der Waals surface area contributed by atoms with Gasteiger partial charge in [0, 0.05) is 56.6 Å². The van der Waals surface area contributed by atoms with Gasteiger partial charge in [-0.05, 0) is 44.0 Å². The lowest BCUT2D eigenvalue weighted by molar-refractivity contribution is 0.0746. The van der Waals surface area contributed by atoms with Crippen molar-refractivity contribution in [2.24, 2.45) is 0 Å². The minimum atomic E-state index is 0.0685. The highest BCUT2D eigenvalue weighted by molar-refractivity contribution is 5.94. The summed E-state index contributed by atoms with van der Waals surface area (Å²) in [5.41, 5.74) is 1.69. The molecule has 1 amide bonds. The number of rotatable bonds is 4. The molecule has 1 aromatic heterocycles. The molecule has 2 aromatic rings. The molecule has 4 rings (SSSR count). The molecule has 148 valence electrons. The summed E-state index contributed by atoms with van der Waals surface area (Å²) in [5, 5.41) is 0.